The first-order valence-electron chi connectivity index (χ1n) is 10.4. The Bertz CT molecular complexity index is 1080. The lowest BCUT2D eigenvalue weighted by molar-refractivity contribution is -0.153. The Hall–Kier alpha value is -3.36. The van der Waals surface area contributed by atoms with Crippen molar-refractivity contribution >= 4 is 29.6 Å². The fourth-order valence-electron chi connectivity index (χ4n) is 3.70. The summed E-state index contributed by atoms with van der Waals surface area (Å²) < 4.78 is 11.3. The zero-order valence-electron chi connectivity index (χ0n) is 18.1. The van der Waals surface area contributed by atoms with Crippen LogP contribution in [-0.2, 0) is 23.9 Å². The molecule has 0 unspecified atom stereocenters. The number of hydrogen-bond acceptors (Lipinski definition) is 7. The highest BCUT2D eigenvalue weighted by molar-refractivity contribution is 8.00. The predicted octanol–water partition coefficient (Wildman–Crippen LogP) is 2.94. The number of nitrogens with two attached hydrogens (primary N) is 1. The van der Waals surface area contributed by atoms with Gasteiger partial charge < -0.3 is 15.2 Å². The van der Waals surface area contributed by atoms with Gasteiger partial charge in [-0.3, -0.25) is 9.69 Å². The van der Waals surface area contributed by atoms with Crippen LogP contribution in [0, 0.1) is 0 Å². The zero-order chi connectivity index (χ0) is 23.5. The van der Waals surface area contributed by atoms with E-state index in [1.165, 1.54) is 16.7 Å². The van der Waals surface area contributed by atoms with Crippen LogP contribution < -0.4 is 5.73 Å². The number of hydrogen-bond donors (Lipinski definition) is 1. The van der Waals surface area contributed by atoms with Crippen LogP contribution in [0.5, 0.6) is 0 Å². The SMILES string of the molecule is C=C(C)C(=O)OCC1=C(C(=O)OC(c2ccccc2)c2ccccc2)N2C(=O)[C@@H](N)[C@H]2SC1. The number of rotatable bonds is 7. The Balaban J connectivity index is 1.67. The molecule has 0 aliphatic carbocycles. The van der Waals surface area contributed by atoms with Gasteiger partial charge in [-0.1, -0.05) is 67.2 Å². The molecule has 8 heteroatoms. The van der Waals surface area contributed by atoms with Crippen molar-refractivity contribution in [2.45, 2.75) is 24.4 Å². The second-order valence-electron chi connectivity index (χ2n) is 7.85. The van der Waals surface area contributed by atoms with Crippen LogP contribution in [0.4, 0.5) is 0 Å². The fraction of sp³-hybridized carbons (Fsp3) is 0.240. The average Bonchev–Trinajstić information content (AvgIpc) is 2.85. The van der Waals surface area contributed by atoms with Crippen LogP contribution in [0.25, 0.3) is 0 Å². The molecule has 2 heterocycles. The molecule has 2 aliphatic heterocycles. The van der Waals surface area contributed by atoms with Crippen LogP contribution in [0.15, 0.2) is 84.1 Å². The molecule has 1 saturated heterocycles. The van der Waals surface area contributed by atoms with Crippen molar-refractivity contribution in [2.24, 2.45) is 5.73 Å². The number of nitrogens with zero attached hydrogens (tertiary/aromatic N) is 1. The summed E-state index contributed by atoms with van der Waals surface area (Å²) >= 11 is 1.43. The molecule has 170 valence electrons. The van der Waals surface area contributed by atoms with Gasteiger partial charge in [0.15, 0.2) is 6.10 Å². The molecule has 2 atom stereocenters. The Kier molecular flexibility index (Phi) is 6.67. The van der Waals surface area contributed by atoms with Gasteiger partial charge in [0, 0.05) is 16.9 Å². The molecule has 33 heavy (non-hydrogen) atoms. The smallest absolute Gasteiger partial charge is 0.356 e. The summed E-state index contributed by atoms with van der Waals surface area (Å²) in [6.07, 6.45) is -0.676. The number of carbonyl (C=O) groups is 3. The highest BCUT2D eigenvalue weighted by atomic mass is 32.2. The van der Waals surface area contributed by atoms with E-state index in [0.717, 1.165) is 11.1 Å². The van der Waals surface area contributed by atoms with Crippen molar-refractivity contribution in [1.82, 2.24) is 4.90 Å². The van der Waals surface area contributed by atoms with E-state index in [1.807, 2.05) is 60.7 Å². The topological polar surface area (TPSA) is 98.9 Å². The summed E-state index contributed by atoms with van der Waals surface area (Å²) in [7, 11) is 0. The molecule has 0 bridgehead atoms. The minimum atomic E-state index is -0.684. The van der Waals surface area contributed by atoms with E-state index < -0.39 is 24.1 Å². The molecule has 2 aromatic rings. The third kappa shape index (κ3) is 4.58. The number of β-lactam (4-membered cyclic amide) rings is 1. The van der Waals surface area contributed by atoms with Crippen LogP contribution in [0.2, 0.25) is 0 Å². The molecule has 2 aliphatic rings. The Morgan fingerprint density at radius 3 is 2.24 bits per heavy atom. The maximum absolute atomic E-state index is 13.5. The van der Waals surface area contributed by atoms with Crippen molar-refractivity contribution in [2.75, 3.05) is 12.4 Å². The first kappa shape index (κ1) is 22.8. The molecule has 2 aromatic carbocycles. The third-order valence-electron chi connectivity index (χ3n) is 5.44. The quantitative estimate of drug-likeness (QED) is 0.382. The van der Waals surface area contributed by atoms with Gasteiger partial charge in [0.1, 0.15) is 23.7 Å². The van der Waals surface area contributed by atoms with Gasteiger partial charge in [-0.25, -0.2) is 9.59 Å². The van der Waals surface area contributed by atoms with Crippen molar-refractivity contribution < 1.29 is 23.9 Å². The maximum Gasteiger partial charge on any atom is 0.356 e. The molecule has 0 saturated carbocycles. The molecule has 2 N–H and O–H groups in total. The third-order valence-corrected chi connectivity index (χ3v) is 6.80. The summed E-state index contributed by atoms with van der Waals surface area (Å²) in [6.45, 7) is 4.97. The van der Waals surface area contributed by atoms with E-state index >= 15 is 0 Å². The molecule has 0 radical (unpaired) electrons. The molecular weight excluding hydrogens is 440 g/mol. The predicted molar refractivity (Wildman–Crippen MR) is 125 cm³/mol. The number of amides is 1. The number of ether oxygens (including phenoxy) is 2. The molecule has 4 rings (SSSR count). The highest BCUT2D eigenvalue weighted by Gasteiger charge is 2.52. The monoisotopic (exact) mass is 464 g/mol. The largest absolute Gasteiger partial charge is 0.458 e. The summed E-state index contributed by atoms with van der Waals surface area (Å²) in [4.78, 5) is 39.3. The molecule has 1 fully saturated rings. The van der Waals surface area contributed by atoms with Crippen LogP contribution >= 0.6 is 11.8 Å². The standard InChI is InChI=1S/C25H24N2O5S/c1-15(2)24(29)31-13-18-14-33-23-19(26)22(28)27(23)20(18)25(30)32-21(16-9-5-3-6-10-16)17-11-7-4-8-12-17/h3-12,19,21,23H,1,13-14,26H2,2H3/t19-,23-/m1/s1. The van der Waals surface area contributed by atoms with Crippen molar-refractivity contribution in [3.8, 4) is 0 Å². The molecule has 0 aromatic heterocycles. The van der Waals surface area contributed by atoms with Gasteiger partial charge in [0.2, 0.25) is 5.91 Å². The number of esters is 2. The van der Waals surface area contributed by atoms with Gasteiger partial charge in [-0.05, 0) is 18.1 Å². The minimum absolute atomic E-state index is 0.0943. The lowest BCUT2D eigenvalue weighted by Crippen LogP contribution is -2.68. The summed E-state index contributed by atoms with van der Waals surface area (Å²) in [6, 6.07) is 18.0. The van der Waals surface area contributed by atoms with Crippen LogP contribution in [0.1, 0.15) is 24.2 Å². The molecular formula is C25H24N2O5S. The van der Waals surface area contributed by atoms with Gasteiger partial charge in [-0.2, -0.15) is 0 Å². The van der Waals surface area contributed by atoms with Gasteiger partial charge >= 0.3 is 11.9 Å². The lowest BCUT2D eigenvalue weighted by atomic mass is 10.0. The lowest BCUT2D eigenvalue weighted by Gasteiger charge is -2.48. The van der Waals surface area contributed by atoms with Crippen molar-refractivity contribution in [3.63, 3.8) is 0 Å². The van der Waals surface area contributed by atoms with Gasteiger partial charge in [0.25, 0.3) is 0 Å². The van der Waals surface area contributed by atoms with E-state index in [4.69, 9.17) is 15.2 Å². The summed E-state index contributed by atoms with van der Waals surface area (Å²) in [5.41, 5.74) is 8.37. The molecule has 0 spiro atoms. The summed E-state index contributed by atoms with van der Waals surface area (Å²) in [5.74, 6) is -1.21. The average molecular weight is 465 g/mol. The van der Waals surface area contributed by atoms with E-state index in [-0.39, 0.29) is 29.2 Å². The zero-order valence-corrected chi connectivity index (χ0v) is 18.9. The highest BCUT2D eigenvalue weighted by Crippen LogP contribution is 2.40. The van der Waals surface area contributed by atoms with Gasteiger partial charge in [0.05, 0.1) is 0 Å². The number of fused-ring (bicyclic) bond motifs is 1. The Morgan fingerprint density at radius 1 is 1.12 bits per heavy atom. The van der Waals surface area contributed by atoms with Gasteiger partial charge in [-0.15, -0.1) is 11.8 Å². The molecule has 7 nitrogen and oxygen atoms in total. The van der Waals surface area contributed by atoms with Crippen molar-refractivity contribution in [3.05, 3.63) is 95.2 Å². The second kappa shape index (κ2) is 9.64. The van der Waals surface area contributed by atoms with E-state index in [1.54, 1.807) is 6.92 Å². The van der Waals surface area contributed by atoms with Crippen LogP contribution in [0.3, 0.4) is 0 Å². The molecule has 1 amide bonds. The number of carbonyl (C=O) groups excluding carboxylic acids is 3. The van der Waals surface area contributed by atoms with Crippen LogP contribution in [-0.4, -0.2) is 46.5 Å². The van der Waals surface area contributed by atoms with E-state index in [2.05, 4.69) is 6.58 Å². The Morgan fingerprint density at radius 2 is 1.70 bits per heavy atom. The summed E-state index contributed by atoms with van der Waals surface area (Å²) in [5, 5.41) is -0.354. The van der Waals surface area contributed by atoms with E-state index in [9.17, 15) is 14.4 Å². The first-order valence-corrected chi connectivity index (χ1v) is 11.5. The maximum atomic E-state index is 13.5. The normalized spacial score (nSPS) is 19.6. The number of benzene rings is 2. The second-order valence-corrected chi connectivity index (χ2v) is 8.96. The minimum Gasteiger partial charge on any atom is -0.458 e. The first-order chi connectivity index (χ1) is 15.9. The number of thioether (sulfide) groups is 1. The van der Waals surface area contributed by atoms with E-state index in [0.29, 0.717) is 11.3 Å². The Labute approximate surface area is 196 Å². The fourth-order valence-corrected chi connectivity index (χ4v) is 4.98. The van der Waals surface area contributed by atoms with Crippen molar-refractivity contribution in [1.29, 1.82) is 0 Å².